The molecule has 5 N–H and O–H groups in total. The Kier molecular flexibility index (Phi) is 7.43. The Balaban J connectivity index is 1.89. The first-order chi connectivity index (χ1) is 16.4. The van der Waals surface area contributed by atoms with Crippen molar-refractivity contribution in [2.75, 3.05) is 21.1 Å². The zero-order chi connectivity index (χ0) is 25.8. The van der Waals surface area contributed by atoms with E-state index in [2.05, 4.69) is 30.3 Å². The predicted octanol–water partition coefficient (Wildman–Crippen LogP) is 3.42. The maximum absolute atomic E-state index is 13.6. The number of carbonyl (C=O) groups is 1. The SMILES string of the molecule is CCS(=O)(=O)Nc1ncc(C)cc1CNc1nc(Nc2ccc(C(N)=O)cc2)ncc1C(F)(F)F. The van der Waals surface area contributed by atoms with Crippen molar-refractivity contribution in [2.24, 2.45) is 5.73 Å². The fraction of sp³-hybridized carbons (Fsp3) is 0.238. The van der Waals surface area contributed by atoms with E-state index in [9.17, 15) is 26.4 Å². The van der Waals surface area contributed by atoms with E-state index in [0.29, 0.717) is 23.0 Å². The van der Waals surface area contributed by atoms with Gasteiger partial charge in [0.2, 0.25) is 21.9 Å². The monoisotopic (exact) mass is 509 g/mol. The van der Waals surface area contributed by atoms with Crippen LogP contribution in [0.25, 0.3) is 0 Å². The minimum absolute atomic E-state index is 0.000420. The van der Waals surface area contributed by atoms with Crippen LogP contribution < -0.4 is 21.1 Å². The van der Waals surface area contributed by atoms with Gasteiger partial charge in [-0.1, -0.05) is 0 Å². The molecule has 2 aromatic heterocycles. The number of pyridine rings is 1. The molecule has 0 fully saturated rings. The topological polar surface area (TPSA) is 152 Å². The van der Waals surface area contributed by atoms with Crippen LogP contribution in [0.4, 0.5) is 36.4 Å². The Morgan fingerprint density at radius 2 is 1.77 bits per heavy atom. The molecule has 0 radical (unpaired) electrons. The summed E-state index contributed by atoms with van der Waals surface area (Å²) in [4.78, 5) is 22.9. The van der Waals surface area contributed by atoms with Crippen LogP contribution in [0.1, 0.15) is 34.0 Å². The van der Waals surface area contributed by atoms with Crippen molar-refractivity contribution in [3.05, 3.63) is 65.0 Å². The molecule has 2 heterocycles. The largest absolute Gasteiger partial charge is 0.421 e. The summed E-state index contributed by atoms with van der Waals surface area (Å²) in [6, 6.07) is 7.48. The van der Waals surface area contributed by atoms with Gasteiger partial charge in [0.1, 0.15) is 17.2 Å². The van der Waals surface area contributed by atoms with E-state index in [1.165, 1.54) is 37.4 Å². The number of hydrogen-bond acceptors (Lipinski definition) is 8. The summed E-state index contributed by atoms with van der Waals surface area (Å²) in [6.07, 6.45) is -2.68. The highest BCUT2D eigenvalue weighted by Gasteiger charge is 2.35. The van der Waals surface area contributed by atoms with Crippen LogP contribution in [-0.2, 0) is 22.7 Å². The van der Waals surface area contributed by atoms with Gasteiger partial charge in [-0.3, -0.25) is 9.52 Å². The molecule has 1 aromatic carbocycles. The average molecular weight is 510 g/mol. The first-order valence-electron chi connectivity index (χ1n) is 10.2. The fourth-order valence-electron chi connectivity index (χ4n) is 2.89. The third-order valence-corrected chi connectivity index (χ3v) is 5.97. The normalized spacial score (nSPS) is 11.7. The third kappa shape index (κ3) is 6.79. The van der Waals surface area contributed by atoms with E-state index >= 15 is 0 Å². The molecule has 0 bridgehead atoms. The lowest BCUT2D eigenvalue weighted by Crippen LogP contribution is -2.19. The third-order valence-electron chi connectivity index (χ3n) is 4.70. The van der Waals surface area contributed by atoms with Crippen molar-refractivity contribution in [2.45, 2.75) is 26.6 Å². The number of anilines is 4. The predicted molar refractivity (Wildman–Crippen MR) is 125 cm³/mol. The van der Waals surface area contributed by atoms with E-state index in [-0.39, 0.29) is 29.6 Å². The summed E-state index contributed by atoms with van der Waals surface area (Å²) in [5.41, 5.74) is 5.77. The lowest BCUT2D eigenvalue weighted by molar-refractivity contribution is -0.137. The quantitative estimate of drug-likeness (QED) is 0.342. The Labute approximate surface area is 199 Å². The van der Waals surface area contributed by atoms with Gasteiger partial charge in [-0.25, -0.2) is 18.4 Å². The maximum Gasteiger partial charge on any atom is 0.421 e. The summed E-state index contributed by atoms with van der Waals surface area (Å²) in [6.45, 7) is 2.95. The van der Waals surface area contributed by atoms with Gasteiger partial charge in [0.05, 0.1) is 5.75 Å². The van der Waals surface area contributed by atoms with Gasteiger partial charge < -0.3 is 16.4 Å². The van der Waals surface area contributed by atoms with Gasteiger partial charge in [0.15, 0.2) is 0 Å². The second-order valence-electron chi connectivity index (χ2n) is 7.40. The number of carbonyl (C=O) groups excluding carboxylic acids is 1. The molecule has 0 saturated carbocycles. The zero-order valence-corrected chi connectivity index (χ0v) is 19.5. The van der Waals surface area contributed by atoms with Gasteiger partial charge in [0.25, 0.3) is 0 Å². The first-order valence-corrected chi connectivity index (χ1v) is 11.8. The second-order valence-corrected chi connectivity index (χ2v) is 9.41. The van der Waals surface area contributed by atoms with Crippen LogP contribution in [0.3, 0.4) is 0 Å². The highest BCUT2D eigenvalue weighted by Crippen LogP contribution is 2.34. The van der Waals surface area contributed by atoms with Crippen molar-refractivity contribution in [3.63, 3.8) is 0 Å². The number of sulfonamides is 1. The molecule has 0 aliphatic heterocycles. The summed E-state index contributed by atoms with van der Waals surface area (Å²) in [5, 5.41) is 5.37. The van der Waals surface area contributed by atoms with Crippen LogP contribution >= 0.6 is 0 Å². The van der Waals surface area contributed by atoms with Crippen molar-refractivity contribution in [1.82, 2.24) is 15.0 Å². The number of aryl methyl sites for hydroxylation is 1. The Hall–Kier alpha value is -3.94. The number of hydrogen-bond donors (Lipinski definition) is 4. The second kappa shape index (κ2) is 10.1. The van der Waals surface area contributed by atoms with E-state index in [0.717, 1.165) is 0 Å². The molecule has 0 saturated heterocycles. The zero-order valence-electron chi connectivity index (χ0n) is 18.6. The molecule has 0 aliphatic carbocycles. The molecule has 186 valence electrons. The highest BCUT2D eigenvalue weighted by molar-refractivity contribution is 7.92. The lowest BCUT2D eigenvalue weighted by Gasteiger charge is -2.16. The van der Waals surface area contributed by atoms with Crippen LogP contribution in [0.15, 0.2) is 42.7 Å². The van der Waals surface area contributed by atoms with Gasteiger partial charge >= 0.3 is 6.18 Å². The smallest absolute Gasteiger partial charge is 0.366 e. The Morgan fingerprint density at radius 3 is 2.37 bits per heavy atom. The summed E-state index contributed by atoms with van der Waals surface area (Å²) in [7, 11) is -3.66. The molecule has 0 atom stereocenters. The van der Waals surface area contributed by atoms with Crippen LogP contribution in [0.5, 0.6) is 0 Å². The molecule has 0 aliphatic rings. The number of nitrogens with two attached hydrogens (primary N) is 1. The van der Waals surface area contributed by atoms with Crippen molar-refractivity contribution < 1.29 is 26.4 Å². The number of nitrogens with zero attached hydrogens (tertiary/aromatic N) is 3. The molecule has 0 spiro atoms. The molecule has 3 rings (SSSR count). The van der Waals surface area contributed by atoms with Gasteiger partial charge in [-0.05, 0) is 49.7 Å². The molecule has 3 aromatic rings. The molecular weight excluding hydrogens is 487 g/mol. The standard InChI is InChI=1S/C21H22F3N7O3S/c1-3-35(33,34)31-18-14(8-12(2)9-26-18)10-27-19-16(21(22,23)24)11-28-20(30-19)29-15-6-4-13(5-7-15)17(25)32/h4-9,11H,3,10H2,1-2H3,(H2,25,32)(H,26,31)(H2,27,28,29,30). The van der Waals surface area contributed by atoms with Gasteiger partial charge in [0, 0.05) is 35.8 Å². The fourth-order valence-corrected chi connectivity index (χ4v) is 3.51. The Morgan fingerprint density at radius 1 is 1.09 bits per heavy atom. The highest BCUT2D eigenvalue weighted by atomic mass is 32.2. The van der Waals surface area contributed by atoms with Crippen molar-refractivity contribution >= 4 is 39.2 Å². The van der Waals surface area contributed by atoms with Gasteiger partial charge in [-0.2, -0.15) is 18.2 Å². The number of primary amides is 1. The lowest BCUT2D eigenvalue weighted by atomic mass is 10.2. The molecule has 1 amide bonds. The minimum atomic E-state index is -4.75. The number of alkyl halides is 3. The molecular formula is C21H22F3N7O3S. The van der Waals surface area contributed by atoms with E-state index in [4.69, 9.17) is 5.73 Å². The number of nitrogens with one attached hydrogen (secondary N) is 3. The Bertz CT molecular complexity index is 1330. The molecule has 14 heteroatoms. The molecule has 10 nitrogen and oxygen atoms in total. The van der Waals surface area contributed by atoms with Crippen LogP contribution in [-0.4, -0.2) is 35.0 Å². The summed E-state index contributed by atoms with van der Waals surface area (Å²) < 4.78 is 67.0. The minimum Gasteiger partial charge on any atom is -0.366 e. The van der Waals surface area contributed by atoms with Crippen LogP contribution in [0, 0.1) is 6.92 Å². The van der Waals surface area contributed by atoms with E-state index < -0.39 is 33.5 Å². The average Bonchev–Trinajstić information content (AvgIpc) is 2.79. The molecule has 0 unspecified atom stereocenters. The number of aromatic nitrogens is 3. The number of amides is 1. The van der Waals surface area contributed by atoms with Crippen molar-refractivity contribution in [1.29, 1.82) is 0 Å². The summed E-state index contributed by atoms with van der Waals surface area (Å²) in [5.74, 6) is -1.48. The number of rotatable bonds is 9. The van der Waals surface area contributed by atoms with E-state index in [1.807, 2.05) is 0 Å². The number of benzene rings is 1. The maximum atomic E-state index is 13.6. The molecule has 35 heavy (non-hydrogen) atoms. The van der Waals surface area contributed by atoms with Crippen molar-refractivity contribution in [3.8, 4) is 0 Å². The number of halogens is 3. The first kappa shape index (κ1) is 25.7. The van der Waals surface area contributed by atoms with Gasteiger partial charge in [-0.15, -0.1) is 0 Å². The van der Waals surface area contributed by atoms with Crippen LogP contribution in [0.2, 0.25) is 0 Å². The summed E-state index contributed by atoms with van der Waals surface area (Å²) >= 11 is 0. The van der Waals surface area contributed by atoms with E-state index in [1.54, 1.807) is 13.0 Å².